The summed E-state index contributed by atoms with van der Waals surface area (Å²) in [6.07, 6.45) is 8.37. The predicted molar refractivity (Wildman–Crippen MR) is 113 cm³/mol. The molecule has 0 radical (unpaired) electrons. The van der Waals surface area contributed by atoms with Gasteiger partial charge in [0.1, 0.15) is 0 Å². The number of carbonyl (C=O) groups is 1. The van der Waals surface area contributed by atoms with Crippen LogP contribution in [0.15, 0.2) is 6.20 Å². The van der Waals surface area contributed by atoms with Crippen molar-refractivity contribution in [3.63, 3.8) is 0 Å². The number of aromatic nitrogens is 2. The maximum Gasteiger partial charge on any atom is 0.347 e. The zero-order valence-electron chi connectivity index (χ0n) is 17.7. The van der Waals surface area contributed by atoms with E-state index in [1.807, 2.05) is 0 Å². The lowest BCUT2D eigenvalue weighted by Gasteiger charge is -2.30. The molecule has 3 N–H and O–H groups in total. The van der Waals surface area contributed by atoms with Crippen LogP contribution < -0.4 is 15.4 Å². The van der Waals surface area contributed by atoms with Crippen molar-refractivity contribution in [2.24, 2.45) is 0 Å². The molecule has 30 heavy (non-hydrogen) atoms. The number of hydrogen-bond acceptors (Lipinski definition) is 8. The normalized spacial score (nSPS) is 19.6. The maximum absolute atomic E-state index is 11.7. The Morgan fingerprint density at radius 2 is 1.77 bits per heavy atom. The van der Waals surface area contributed by atoms with Crippen molar-refractivity contribution in [2.75, 3.05) is 30.0 Å². The molecule has 1 aliphatic carbocycles. The summed E-state index contributed by atoms with van der Waals surface area (Å²) in [7, 11) is -3.17. The largest absolute Gasteiger partial charge is 0.478 e. The summed E-state index contributed by atoms with van der Waals surface area (Å²) in [6, 6.07) is 0.325. The smallest absolute Gasteiger partial charge is 0.347 e. The molecule has 0 unspecified atom stereocenters. The highest BCUT2D eigenvalue weighted by atomic mass is 32.2. The molecule has 1 aromatic heterocycles. The van der Waals surface area contributed by atoms with E-state index < -0.39 is 21.6 Å². The van der Waals surface area contributed by atoms with E-state index >= 15 is 0 Å². The van der Waals surface area contributed by atoms with Gasteiger partial charge in [-0.2, -0.15) is 4.98 Å². The van der Waals surface area contributed by atoms with E-state index in [4.69, 9.17) is 4.74 Å². The number of nitrogens with one attached hydrogen (secondary N) is 2. The molecule has 2 fully saturated rings. The molecule has 1 saturated heterocycles. The first-order valence-electron chi connectivity index (χ1n) is 10.3. The molecule has 0 spiro atoms. The van der Waals surface area contributed by atoms with Crippen molar-refractivity contribution in [1.29, 1.82) is 0 Å². The fourth-order valence-corrected chi connectivity index (χ4v) is 4.59. The van der Waals surface area contributed by atoms with E-state index in [1.54, 1.807) is 0 Å². The van der Waals surface area contributed by atoms with Crippen molar-refractivity contribution in [2.45, 2.75) is 70.1 Å². The van der Waals surface area contributed by atoms with Gasteiger partial charge in [-0.15, -0.1) is 0 Å². The van der Waals surface area contributed by atoms with Crippen LogP contribution in [-0.2, 0) is 14.8 Å². The Morgan fingerprint density at radius 3 is 2.33 bits per heavy atom. The molecule has 3 rings (SSSR count). The fraction of sp³-hybridized carbons (Fsp3) is 0.737. The zero-order chi connectivity index (χ0) is 21.9. The number of anilines is 2. The van der Waals surface area contributed by atoms with E-state index in [-0.39, 0.29) is 12.1 Å². The highest BCUT2D eigenvalue weighted by Gasteiger charge is 2.32. The SMILES string of the molecule is CC(C)(Oc1cnc(NC2CCN(S(C)(=O)=O)CC2)nc1NC1CCCC1)C(=O)O. The lowest BCUT2D eigenvalue weighted by molar-refractivity contribution is -0.152. The maximum atomic E-state index is 11.7. The number of carboxylic acid groups (broad SMARTS) is 1. The fourth-order valence-electron chi connectivity index (χ4n) is 3.71. The third kappa shape index (κ3) is 5.72. The Morgan fingerprint density at radius 1 is 1.17 bits per heavy atom. The summed E-state index contributed by atoms with van der Waals surface area (Å²) < 4.78 is 30.5. The average Bonchev–Trinajstić information content (AvgIpc) is 3.16. The number of nitrogens with zero attached hydrogens (tertiary/aromatic N) is 3. The molecule has 0 aromatic carbocycles. The number of hydrogen-bond donors (Lipinski definition) is 3. The van der Waals surface area contributed by atoms with Gasteiger partial charge in [0.25, 0.3) is 0 Å². The minimum Gasteiger partial charge on any atom is -0.478 e. The number of piperidine rings is 1. The second-order valence-corrected chi connectivity index (χ2v) is 10.5. The Balaban J connectivity index is 1.73. The van der Waals surface area contributed by atoms with Gasteiger partial charge in [0, 0.05) is 25.2 Å². The number of sulfonamides is 1. The Bertz CT molecular complexity index is 862. The van der Waals surface area contributed by atoms with Gasteiger partial charge in [0.2, 0.25) is 16.0 Å². The third-order valence-electron chi connectivity index (χ3n) is 5.59. The summed E-state index contributed by atoms with van der Waals surface area (Å²) in [5.41, 5.74) is -1.41. The molecular formula is C19H31N5O5S. The molecule has 0 bridgehead atoms. The van der Waals surface area contributed by atoms with Gasteiger partial charge in [-0.1, -0.05) is 12.8 Å². The molecule has 168 valence electrons. The van der Waals surface area contributed by atoms with Gasteiger partial charge in [-0.25, -0.2) is 22.5 Å². The summed E-state index contributed by atoms with van der Waals surface area (Å²) in [6.45, 7) is 3.88. The molecule has 10 nitrogen and oxygen atoms in total. The number of carboxylic acids is 1. The van der Waals surface area contributed by atoms with Crippen molar-refractivity contribution in [3.05, 3.63) is 6.20 Å². The summed E-state index contributed by atoms with van der Waals surface area (Å²) >= 11 is 0. The van der Waals surface area contributed by atoms with E-state index in [0.29, 0.717) is 43.4 Å². The van der Waals surface area contributed by atoms with Crippen LogP contribution in [0.25, 0.3) is 0 Å². The summed E-state index contributed by atoms with van der Waals surface area (Å²) in [5, 5.41) is 16.0. The molecule has 1 aromatic rings. The van der Waals surface area contributed by atoms with Crippen LogP contribution in [-0.4, -0.2) is 70.8 Å². The Kier molecular flexibility index (Phi) is 6.71. The van der Waals surface area contributed by atoms with Gasteiger partial charge in [0.15, 0.2) is 17.2 Å². The third-order valence-corrected chi connectivity index (χ3v) is 6.89. The first-order valence-corrected chi connectivity index (χ1v) is 12.2. The van der Waals surface area contributed by atoms with Crippen LogP contribution in [0.5, 0.6) is 5.75 Å². The standard InChI is InChI=1S/C19H31N5O5S/c1-19(2,17(25)26)29-15-12-20-18(23-16(15)21-13-6-4-5-7-13)22-14-8-10-24(11-9-14)30(3,27)28/h12-14H,4-11H2,1-3H3,(H,25,26)(H2,20,21,22,23). The van der Waals surface area contributed by atoms with Gasteiger partial charge < -0.3 is 20.5 Å². The lowest BCUT2D eigenvalue weighted by atomic mass is 10.1. The van der Waals surface area contributed by atoms with Crippen LogP contribution in [0.2, 0.25) is 0 Å². The summed E-state index contributed by atoms with van der Waals surface area (Å²) in [4.78, 5) is 20.3. The topological polar surface area (TPSA) is 134 Å². The lowest BCUT2D eigenvalue weighted by Crippen LogP contribution is -2.42. The van der Waals surface area contributed by atoms with Crippen molar-refractivity contribution < 1.29 is 23.1 Å². The highest BCUT2D eigenvalue weighted by molar-refractivity contribution is 7.88. The van der Waals surface area contributed by atoms with Crippen LogP contribution in [0.4, 0.5) is 11.8 Å². The van der Waals surface area contributed by atoms with Crippen LogP contribution in [0.1, 0.15) is 52.4 Å². The molecular weight excluding hydrogens is 410 g/mol. The van der Waals surface area contributed by atoms with E-state index in [9.17, 15) is 18.3 Å². The van der Waals surface area contributed by atoms with Crippen LogP contribution in [0.3, 0.4) is 0 Å². The van der Waals surface area contributed by atoms with E-state index in [0.717, 1.165) is 25.7 Å². The van der Waals surface area contributed by atoms with Crippen LogP contribution >= 0.6 is 0 Å². The number of rotatable bonds is 8. The second-order valence-electron chi connectivity index (χ2n) is 8.53. The molecule has 11 heteroatoms. The first-order chi connectivity index (χ1) is 14.0. The first kappa shape index (κ1) is 22.5. The van der Waals surface area contributed by atoms with Gasteiger partial charge in [-0.3, -0.25) is 0 Å². The summed E-state index contributed by atoms with van der Waals surface area (Å²) in [5.74, 6) is 0.108. The van der Waals surface area contributed by atoms with E-state index in [1.165, 1.54) is 30.6 Å². The molecule has 2 heterocycles. The minimum atomic E-state index is -3.17. The molecule has 0 amide bonds. The monoisotopic (exact) mass is 441 g/mol. The van der Waals surface area contributed by atoms with E-state index in [2.05, 4.69) is 20.6 Å². The number of ether oxygens (including phenoxy) is 1. The minimum absolute atomic E-state index is 0.0598. The highest BCUT2D eigenvalue weighted by Crippen LogP contribution is 2.31. The van der Waals surface area contributed by atoms with Gasteiger partial charge in [-0.05, 0) is 39.5 Å². The van der Waals surface area contributed by atoms with Crippen LogP contribution in [0, 0.1) is 0 Å². The van der Waals surface area contributed by atoms with Crippen molar-refractivity contribution in [3.8, 4) is 5.75 Å². The van der Waals surface area contributed by atoms with Gasteiger partial charge in [0.05, 0.1) is 12.5 Å². The molecule has 0 atom stereocenters. The zero-order valence-corrected chi connectivity index (χ0v) is 18.5. The van der Waals surface area contributed by atoms with Gasteiger partial charge >= 0.3 is 5.97 Å². The van der Waals surface area contributed by atoms with Crippen molar-refractivity contribution in [1.82, 2.24) is 14.3 Å². The quantitative estimate of drug-likeness (QED) is 0.553. The molecule has 2 aliphatic rings. The molecule has 1 aliphatic heterocycles. The Labute approximate surface area is 177 Å². The Hall–Kier alpha value is -2.14. The number of aliphatic carboxylic acids is 1. The molecule has 1 saturated carbocycles. The average molecular weight is 442 g/mol. The predicted octanol–water partition coefficient (Wildman–Crippen LogP) is 1.91. The van der Waals surface area contributed by atoms with Crippen molar-refractivity contribution >= 4 is 27.8 Å². The second kappa shape index (κ2) is 8.93.